The van der Waals surface area contributed by atoms with E-state index < -0.39 is 0 Å². The van der Waals surface area contributed by atoms with Crippen LogP contribution < -0.4 is 5.63 Å². The standard InChI is InChI=1S/C17H20O2S/c1-11(2)9-20-10-14-8-17(18)19-16-7-13-5-3-4-12(13)6-15(14)16/h6-8,11H,3-5,9-10H2,1-2H3. The third-order valence-corrected chi connectivity index (χ3v) is 5.17. The number of rotatable bonds is 4. The lowest BCUT2D eigenvalue weighted by molar-refractivity contribution is 0.559. The molecule has 0 saturated heterocycles. The molecule has 0 unspecified atom stereocenters. The van der Waals surface area contributed by atoms with E-state index in [9.17, 15) is 4.79 Å². The van der Waals surface area contributed by atoms with Gasteiger partial charge in [0.2, 0.25) is 0 Å². The second-order valence-electron chi connectivity index (χ2n) is 5.97. The molecule has 20 heavy (non-hydrogen) atoms. The van der Waals surface area contributed by atoms with E-state index in [0.29, 0.717) is 5.92 Å². The highest BCUT2D eigenvalue weighted by molar-refractivity contribution is 7.98. The van der Waals surface area contributed by atoms with E-state index in [0.717, 1.165) is 40.9 Å². The van der Waals surface area contributed by atoms with Crippen LogP contribution in [0.2, 0.25) is 0 Å². The Labute approximate surface area is 123 Å². The Hall–Kier alpha value is -1.22. The molecule has 2 nitrogen and oxygen atoms in total. The summed E-state index contributed by atoms with van der Waals surface area (Å²) < 4.78 is 5.39. The summed E-state index contributed by atoms with van der Waals surface area (Å²) in [4.78, 5) is 11.7. The molecule has 0 spiro atoms. The Kier molecular flexibility index (Phi) is 3.88. The van der Waals surface area contributed by atoms with Gasteiger partial charge < -0.3 is 4.42 Å². The fraction of sp³-hybridized carbons (Fsp3) is 0.471. The molecule has 0 N–H and O–H groups in total. The molecule has 0 saturated carbocycles. The average molecular weight is 288 g/mol. The molecule has 2 aromatic rings. The van der Waals surface area contributed by atoms with E-state index in [2.05, 4.69) is 26.0 Å². The Morgan fingerprint density at radius 3 is 2.70 bits per heavy atom. The highest BCUT2D eigenvalue weighted by Gasteiger charge is 2.15. The number of fused-ring (bicyclic) bond motifs is 2. The predicted octanol–water partition coefficient (Wildman–Crippen LogP) is 4.17. The summed E-state index contributed by atoms with van der Waals surface area (Å²) in [6.07, 6.45) is 3.48. The number of hydrogen-bond acceptors (Lipinski definition) is 3. The van der Waals surface area contributed by atoms with Crippen LogP contribution in [0.3, 0.4) is 0 Å². The van der Waals surface area contributed by atoms with Crippen molar-refractivity contribution in [3.63, 3.8) is 0 Å². The van der Waals surface area contributed by atoms with Crippen LogP contribution in [0.15, 0.2) is 27.4 Å². The number of hydrogen-bond donors (Lipinski definition) is 0. The van der Waals surface area contributed by atoms with Crippen LogP contribution in [-0.4, -0.2) is 5.75 Å². The first kappa shape index (κ1) is 13.7. The van der Waals surface area contributed by atoms with E-state index in [1.54, 1.807) is 6.07 Å². The van der Waals surface area contributed by atoms with Gasteiger partial charge in [0.1, 0.15) is 5.58 Å². The van der Waals surface area contributed by atoms with Gasteiger partial charge in [-0.25, -0.2) is 4.79 Å². The molecule has 0 atom stereocenters. The first-order chi connectivity index (χ1) is 9.63. The SMILES string of the molecule is CC(C)CSCc1cc(=O)oc2cc3c(cc12)CCC3. The zero-order valence-corrected chi connectivity index (χ0v) is 12.9. The molecule has 1 aliphatic rings. The van der Waals surface area contributed by atoms with Crippen LogP contribution in [0.1, 0.15) is 37.0 Å². The number of benzene rings is 1. The number of aryl methyl sites for hydroxylation is 2. The highest BCUT2D eigenvalue weighted by atomic mass is 32.2. The molecule has 0 fully saturated rings. The quantitative estimate of drug-likeness (QED) is 0.791. The van der Waals surface area contributed by atoms with Crippen molar-refractivity contribution >= 4 is 22.7 Å². The monoisotopic (exact) mass is 288 g/mol. The maximum Gasteiger partial charge on any atom is 0.336 e. The summed E-state index contributed by atoms with van der Waals surface area (Å²) in [6.45, 7) is 4.44. The molecule has 1 aliphatic carbocycles. The lowest BCUT2D eigenvalue weighted by Crippen LogP contribution is -2.01. The van der Waals surface area contributed by atoms with Gasteiger partial charge in [-0.2, -0.15) is 11.8 Å². The van der Waals surface area contributed by atoms with E-state index in [4.69, 9.17) is 4.42 Å². The molecular weight excluding hydrogens is 268 g/mol. The molecule has 0 amide bonds. The summed E-state index contributed by atoms with van der Waals surface area (Å²) in [7, 11) is 0. The first-order valence-corrected chi connectivity index (χ1v) is 8.45. The molecule has 0 aliphatic heterocycles. The smallest absolute Gasteiger partial charge is 0.336 e. The molecule has 1 heterocycles. The van der Waals surface area contributed by atoms with Crippen LogP contribution >= 0.6 is 11.8 Å². The predicted molar refractivity (Wildman–Crippen MR) is 85.5 cm³/mol. The van der Waals surface area contributed by atoms with Crippen molar-refractivity contribution in [2.24, 2.45) is 5.92 Å². The second kappa shape index (κ2) is 5.65. The van der Waals surface area contributed by atoms with Gasteiger partial charge in [-0.15, -0.1) is 0 Å². The highest BCUT2D eigenvalue weighted by Crippen LogP contribution is 2.30. The van der Waals surface area contributed by atoms with Crippen LogP contribution in [0.25, 0.3) is 11.0 Å². The third-order valence-electron chi connectivity index (χ3n) is 3.75. The van der Waals surface area contributed by atoms with E-state index in [1.165, 1.54) is 17.5 Å². The van der Waals surface area contributed by atoms with Crippen molar-refractivity contribution in [2.45, 2.75) is 38.9 Å². The van der Waals surface area contributed by atoms with E-state index >= 15 is 0 Å². The molecule has 3 heteroatoms. The van der Waals surface area contributed by atoms with Crippen molar-refractivity contribution in [3.05, 3.63) is 45.3 Å². The van der Waals surface area contributed by atoms with Crippen molar-refractivity contribution in [3.8, 4) is 0 Å². The van der Waals surface area contributed by atoms with E-state index in [-0.39, 0.29) is 5.63 Å². The number of thioether (sulfide) groups is 1. The normalized spacial score (nSPS) is 14.2. The third kappa shape index (κ3) is 2.78. The average Bonchev–Trinajstić information content (AvgIpc) is 2.82. The van der Waals surface area contributed by atoms with Crippen LogP contribution in [0, 0.1) is 5.92 Å². The first-order valence-electron chi connectivity index (χ1n) is 7.30. The molecular formula is C17H20O2S. The Bertz CT molecular complexity index is 685. The lowest BCUT2D eigenvalue weighted by Gasteiger charge is -2.09. The Morgan fingerprint density at radius 2 is 1.95 bits per heavy atom. The molecule has 0 bridgehead atoms. The van der Waals surface area contributed by atoms with E-state index in [1.807, 2.05) is 11.8 Å². The summed E-state index contributed by atoms with van der Waals surface area (Å²) in [6, 6.07) is 5.98. The molecule has 0 radical (unpaired) electrons. The minimum absolute atomic E-state index is 0.226. The fourth-order valence-corrected chi connectivity index (χ4v) is 3.87. The van der Waals surface area contributed by atoms with Gasteiger partial charge in [-0.3, -0.25) is 0 Å². The van der Waals surface area contributed by atoms with Crippen LogP contribution in [0.5, 0.6) is 0 Å². The maximum absolute atomic E-state index is 11.7. The van der Waals surface area contributed by atoms with Gasteiger partial charge in [-0.05, 0) is 59.8 Å². The van der Waals surface area contributed by atoms with Crippen molar-refractivity contribution in [1.29, 1.82) is 0 Å². The summed E-state index contributed by atoms with van der Waals surface area (Å²) in [5, 5.41) is 1.13. The van der Waals surface area contributed by atoms with Crippen molar-refractivity contribution < 1.29 is 4.42 Å². The summed E-state index contributed by atoms with van der Waals surface area (Å²) >= 11 is 1.89. The second-order valence-corrected chi connectivity index (χ2v) is 7.00. The minimum Gasteiger partial charge on any atom is -0.423 e. The maximum atomic E-state index is 11.7. The molecule has 1 aromatic heterocycles. The van der Waals surface area contributed by atoms with Gasteiger partial charge >= 0.3 is 5.63 Å². The van der Waals surface area contributed by atoms with Crippen LogP contribution in [-0.2, 0) is 18.6 Å². The van der Waals surface area contributed by atoms with Gasteiger partial charge in [0, 0.05) is 17.2 Å². The van der Waals surface area contributed by atoms with Crippen molar-refractivity contribution in [2.75, 3.05) is 5.75 Å². The molecule has 3 rings (SSSR count). The van der Waals surface area contributed by atoms with Gasteiger partial charge in [0.05, 0.1) is 0 Å². The van der Waals surface area contributed by atoms with Crippen LogP contribution in [0.4, 0.5) is 0 Å². The van der Waals surface area contributed by atoms with Gasteiger partial charge in [-0.1, -0.05) is 13.8 Å². The summed E-state index contributed by atoms with van der Waals surface area (Å²) in [5.74, 6) is 2.68. The van der Waals surface area contributed by atoms with Crippen molar-refractivity contribution in [1.82, 2.24) is 0 Å². The minimum atomic E-state index is -0.226. The zero-order chi connectivity index (χ0) is 14.1. The molecule has 106 valence electrons. The fourth-order valence-electron chi connectivity index (χ4n) is 2.82. The lowest BCUT2D eigenvalue weighted by atomic mass is 10.0. The largest absolute Gasteiger partial charge is 0.423 e. The molecule has 1 aromatic carbocycles. The Balaban J connectivity index is 2.00. The van der Waals surface area contributed by atoms with Gasteiger partial charge in [0.15, 0.2) is 0 Å². The van der Waals surface area contributed by atoms with Gasteiger partial charge in [0.25, 0.3) is 0 Å². The topological polar surface area (TPSA) is 30.2 Å². The Morgan fingerprint density at radius 1 is 1.20 bits per heavy atom. The zero-order valence-electron chi connectivity index (χ0n) is 12.1. The summed E-state index contributed by atoms with van der Waals surface area (Å²) in [5.41, 5.74) is 4.44.